The molecule has 0 amide bonds. The maximum atomic E-state index is 5.18. The van der Waals surface area contributed by atoms with E-state index in [2.05, 4.69) is 44.6 Å². The van der Waals surface area contributed by atoms with E-state index in [1.165, 1.54) is 11.3 Å². The van der Waals surface area contributed by atoms with Gasteiger partial charge in [0.25, 0.3) is 0 Å². The smallest absolute Gasteiger partial charge is 0.0644 e. The topological polar surface area (TPSA) is 39.1 Å². The SMILES string of the molecule is CCCNC(CC)c1c(C)nn(C(C)CCOC)c1C. The van der Waals surface area contributed by atoms with Crippen molar-refractivity contribution in [3.05, 3.63) is 17.0 Å². The number of hydrogen-bond donors (Lipinski definition) is 1. The summed E-state index contributed by atoms with van der Waals surface area (Å²) < 4.78 is 7.35. The normalized spacial score (nSPS) is 14.5. The van der Waals surface area contributed by atoms with E-state index < -0.39 is 0 Å². The van der Waals surface area contributed by atoms with Crippen molar-refractivity contribution < 1.29 is 4.74 Å². The molecule has 2 unspecified atom stereocenters. The summed E-state index contributed by atoms with van der Waals surface area (Å²) >= 11 is 0. The average molecular weight is 281 g/mol. The zero-order valence-corrected chi connectivity index (χ0v) is 14.0. The molecule has 116 valence electrons. The van der Waals surface area contributed by atoms with Gasteiger partial charge in [0.1, 0.15) is 0 Å². The summed E-state index contributed by atoms with van der Waals surface area (Å²) in [5.41, 5.74) is 3.83. The van der Waals surface area contributed by atoms with Crippen LogP contribution in [0.2, 0.25) is 0 Å². The molecule has 0 aliphatic heterocycles. The Morgan fingerprint density at radius 3 is 2.55 bits per heavy atom. The summed E-state index contributed by atoms with van der Waals surface area (Å²) in [6.07, 6.45) is 3.25. The molecule has 1 aromatic heterocycles. The molecular formula is C16H31N3O. The second-order valence-electron chi connectivity index (χ2n) is 5.57. The third kappa shape index (κ3) is 4.06. The summed E-state index contributed by atoms with van der Waals surface area (Å²) in [6.45, 7) is 12.8. The molecule has 0 saturated carbocycles. The predicted molar refractivity (Wildman–Crippen MR) is 84.2 cm³/mol. The van der Waals surface area contributed by atoms with Crippen LogP contribution in [-0.2, 0) is 4.74 Å². The van der Waals surface area contributed by atoms with Crippen LogP contribution in [0.3, 0.4) is 0 Å². The van der Waals surface area contributed by atoms with Crippen molar-refractivity contribution in [3.63, 3.8) is 0 Å². The van der Waals surface area contributed by atoms with Crippen LogP contribution in [0.5, 0.6) is 0 Å². The number of methoxy groups -OCH3 is 1. The number of ether oxygens (including phenoxy) is 1. The number of aromatic nitrogens is 2. The Bertz CT molecular complexity index is 401. The van der Waals surface area contributed by atoms with Crippen molar-refractivity contribution in [1.29, 1.82) is 0 Å². The van der Waals surface area contributed by atoms with Gasteiger partial charge in [-0.05, 0) is 46.6 Å². The second kappa shape index (κ2) is 8.42. The summed E-state index contributed by atoms with van der Waals surface area (Å²) in [7, 11) is 1.75. The number of nitrogens with one attached hydrogen (secondary N) is 1. The highest BCUT2D eigenvalue weighted by molar-refractivity contribution is 5.28. The zero-order chi connectivity index (χ0) is 15.1. The molecule has 1 N–H and O–H groups in total. The van der Waals surface area contributed by atoms with E-state index in [0.29, 0.717) is 12.1 Å². The van der Waals surface area contributed by atoms with E-state index in [1.807, 2.05) is 0 Å². The van der Waals surface area contributed by atoms with E-state index in [1.54, 1.807) is 7.11 Å². The van der Waals surface area contributed by atoms with Gasteiger partial charge in [-0.25, -0.2) is 0 Å². The minimum atomic E-state index is 0.381. The van der Waals surface area contributed by atoms with E-state index in [9.17, 15) is 0 Å². The highest BCUT2D eigenvalue weighted by atomic mass is 16.5. The number of hydrogen-bond acceptors (Lipinski definition) is 3. The second-order valence-corrected chi connectivity index (χ2v) is 5.57. The lowest BCUT2D eigenvalue weighted by Crippen LogP contribution is -2.22. The van der Waals surface area contributed by atoms with Gasteiger partial charge < -0.3 is 10.1 Å². The van der Waals surface area contributed by atoms with Gasteiger partial charge in [-0.15, -0.1) is 0 Å². The molecule has 2 atom stereocenters. The molecule has 1 rings (SSSR count). The van der Waals surface area contributed by atoms with Crippen molar-refractivity contribution >= 4 is 0 Å². The summed E-state index contributed by atoms with van der Waals surface area (Å²) in [4.78, 5) is 0. The van der Waals surface area contributed by atoms with Gasteiger partial charge in [0.15, 0.2) is 0 Å². The molecule has 0 aliphatic rings. The van der Waals surface area contributed by atoms with Crippen molar-refractivity contribution in [2.45, 2.75) is 66.0 Å². The highest BCUT2D eigenvalue weighted by Gasteiger charge is 2.21. The van der Waals surface area contributed by atoms with Crippen LogP contribution in [0.1, 0.15) is 69.1 Å². The molecule has 1 aromatic rings. The monoisotopic (exact) mass is 281 g/mol. The molecule has 0 fully saturated rings. The number of rotatable bonds is 9. The standard InChI is InChI=1S/C16H31N3O/c1-7-10-17-15(8-2)16-13(4)18-19(14(16)5)12(3)9-11-20-6/h12,15,17H,7-11H2,1-6H3. The Kier molecular flexibility index (Phi) is 7.24. The Morgan fingerprint density at radius 1 is 1.30 bits per heavy atom. The molecule has 4 heteroatoms. The van der Waals surface area contributed by atoms with Gasteiger partial charge in [0, 0.05) is 31.0 Å². The number of aryl methyl sites for hydroxylation is 1. The maximum Gasteiger partial charge on any atom is 0.0644 e. The zero-order valence-electron chi connectivity index (χ0n) is 14.0. The first kappa shape index (κ1) is 17.2. The minimum Gasteiger partial charge on any atom is -0.385 e. The van der Waals surface area contributed by atoms with Crippen molar-refractivity contribution in [3.8, 4) is 0 Å². The average Bonchev–Trinajstić information content (AvgIpc) is 2.73. The van der Waals surface area contributed by atoms with Crippen LogP contribution in [0.15, 0.2) is 0 Å². The molecule has 1 heterocycles. The summed E-state index contributed by atoms with van der Waals surface area (Å²) in [5.74, 6) is 0. The van der Waals surface area contributed by atoms with Crippen LogP contribution in [-0.4, -0.2) is 30.0 Å². The lowest BCUT2D eigenvalue weighted by molar-refractivity contribution is 0.178. The first-order valence-corrected chi connectivity index (χ1v) is 7.84. The Balaban J connectivity index is 2.94. The van der Waals surface area contributed by atoms with Crippen LogP contribution >= 0.6 is 0 Å². The third-order valence-electron chi connectivity index (χ3n) is 3.94. The van der Waals surface area contributed by atoms with Crippen molar-refractivity contribution in [2.24, 2.45) is 0 Å². The Hall–Kier alpha value is -0.870. The molecule has 0 radical (unpaired) electrons. The fourth-order valence-electron chi connectivity index (χ4n) is 2.79. The van der Waals surface area contributed by atoms with Gasteiger partial charge in [-0.2, -0.15) is 5.10 Å². The lowest BCUT2D eigenvalue weighted by Gasteiger charge is -2.19. The first-order chi connectivity index (χ1) is 9.56. The van der Waals surface area contributed by atoms with Gasteiger partial charge in [-0.3, -0.25) is 4.68 Å². The van der Waals surface area contributed by atoms with E-state index in [0.717, 1.165) is 38.1 Å². The maximum absolute atomic E-state index is 5.18. The molecule has 0 bridgehead atoms. The van der Waals surface area contributed by atoms with Gasteiger partial charge in [0.05, 0.1) is 11.7 Å². The lowest BCUT2D eigenvalue weighted by atomic mass is 10.0. The van der Waals surface area contributed by atoms with Crippen molar-refractivity contribution in [2.75, 3.05) is 20.3 Å². The molecule has 20 heavy (non-hydrogen) atoms. The summed E-state index contributed by atoms with van der Waals surface area (Å²) in [5, 5.41) is 8.40. The van der Waals surface area contributed by atoms with E-state index >= 15 is 0 Å². The molecule has 0 saturated heterocycles. The fourth-order valence-corrected chi connectivity index (χ4v) is 2.79. The molecular weight excluding hydrogens is 250 g/mol. The highest BCUT2D eigenvalue weighted by Crippen LogP contribution is 2.26. The molecule has 0 aliphatic carbocycles. The van der Waals surface area contributed by atoms with E-state index in [-0.39, 0.29) is 0 Å². The minimum absolute atomic E-state index is 0.381. The van der Waals surface area contributed by atoms with E-state index in [4.69, 9.17) is 9.84 Å². The third-order valence-corrected chi connectivity index (χ3v) is 3.94. The molecule has 0 aromatic carbocycles. The van der Waals surface area contributed by atoms with Crippen LogP contribution < -0.4 is 5.32 Å². The molecule has 4 nitrogen and oxygen atoms in total. The van der Waals surface area contributed by atoms with Crippen LogP contribution in [0.25, 0.3) is 0 Å². The fraction of sp³-hybridized carbons (Fsp3) is 0.812. The molecule has 0 spiro atoms. The van der Waals surface area contributed by atoms with Gasteiger partial charge in [-0.1, -0.05) is 13.8 Å². The predicted octanol–water partition coefficient (Wildman–Crippen LogP) is 3.55. The quantitative estimate of drug-likeness (QED) is 0.752. The first-order valence-electron chi connectivity index (χ1n) is 7.84. The van der Waals surface area contributed by atoms with Gasteiger partial charge >= 0.3 is 0 Å². The summed E-state index contributed by atoms with van der Waals surface area (Å²) in [6, 6.07) is 0.796. The van der Waals surface area contributed by atoms with Crippen LogP contribution in [0.4, 0.5) is 0 Å². The van der Waals surface area contributed by atoms with Crippen LogP contribution in [0, 0.1) is 13.8 Å². The Labute approximate surface area is 123 Å². The van der Waals surface area contributed by atoms with Crippen molar-refractivity contribution in [1.82, 2.24) is 15.1 Å². The number of nitrogens with zero attached hydrogens (tertiary/aromatic N) is 2. The Morgan fingerprint density at radius 2 is 2.00 bits per heavy atom. The largest absolute Gasteiger partial charge is 0.385 e. The van der Waals surface area contributed by atoms with Gasteiger partial charge in [0.2, 0.25) is 0 Å².